The molecule has 0 aromatic rings. The molecule has 0 radical (unpaired) electrons. The Morgan fingerprint density at radius 3 is 2.67 bits per heavy atom. The monoisotopic (exact) mass is 232 g/mol. The van der Waals surface area contributed by atoms with Crippen LogP contribution in [0.25, 0.3) is 0 Å². The first-order chi connectivity index (χ1) is 4.30. The van der Waals surface area contributed by atoms with Crippen molar-refractivity contribution in [3.05, 3.63) is 34.5 Å². The van der Waals surface area contributed by atoms with Gasteiger partial charge in [0.25, 0.3) is 0 Å². The normalized spacial score (nSPS) is 24.3. The maximum Gasteiger partial charge on any atom is 0.0108 e. The second-order valence-corrected chi connectivity index (χ2v) is 3.49. The summed E-state index contributed by atoms with van der Waals surface area (Å²) in [6.07, 6.45) is 9.65. The molecule has 1 aliphatic carbocycles. The van der Waals surface area contributed by atoms with E-state index in [1.165, 1.54) is 3.58 Å². The average molecular weight is 232 g/mol. The van der Waals surface area contributed by atoms with Crippen molar-refractivity contribution < 1.29 is 0 Å². The van der Waals surface area contributed by atoms with Crippen molar-refractivity contribution in [2.24, 2.45) is 5.92 Å². The third-order valence-corrected chi connectivity index (χ3v) is 2.18. The number of hydrogen-bond acceptors (Lipinski definition) is 0. The molecule has 48 valence electrons. The highest BCUT2D eigenvalue weighted by Gasteiger charge is 2.04. The van der Waals surface area contributed by atoms with Crippen molar-refractivity contribution in [1.82, 2.24) is 0 Å². The van der Waals surface area contributed by atoms with Gasteiger partial charge in [-0.1, -0.05) is 30.9 Å². The predicted molar refractivity (Wildman–Crippen MR) is 49.5 cm³/mol. The van der Waals surface area contributed by atoms with E-state index in [0.717, 1.165) is 6.42 Å². The first kappa shape index (κ1) is 7.06. The molecule has 0 N–H and O–H groups in total. The summed E-state index contributed by atoms with van der Waals surface area (Å²) in [6.45, 7) is 3.88. The van der Waals surface area contributed by atoms with Gasteiger partial charge in [0, 0.05) is 5.92 Å². The van der Waals surface area contributed by atoms with Crippen molar-refractivity contribution in [1.29, 1.82) is 0 Å². The Labute approximate surface area is 69.5 Å². The Kier molecular flexibility index (Phi) is 2.51. The Bertz CT molecular complexity index is 165. The fourth-order valence-electron chi connectivity index (χ4n) is 0.813. The first-order valence-electron chi connectivity index (χ1n) is 2.98. The summed E-state index contributed by atoms with van der Waals surface area (Å²) in [5, 5.41) is 0. The molecular weight excluding hydrogens is 223 g/mol. The molecule has 0 aromatic heterocycles. The molecule has 1 unspecified atom stereocenters. The lowest BCUT2D eigenvalue weighted by atomic mass is 10.0. The fraction of sp³-hybridized carbons (Fsp3) is 0.250. The van der Waals surface area contributed by atoms with E-state index < -0.39 is 0 Å². The number of rotatable bonds is 1. The molecule has 0 aliphatic heterocycles. The Balaban J connectivity index is 2.56. The molecule has 0 amide bonds. The summed E-state index contributed by atoms with van der Waals surface area (Å²) in [5.74, 6) is 0.579. The van der Waals surface area contributed by atoms with E-state index in [1.54, 1.807) is 0 Å². The topological polar surface area (TPSA) is 0 Å². The smallest absolute Gasteiger partial charge is 0.0108 e. The zero-order valence-corrected chi connectivity index (χ0v) is 7.34. The van der Waals surface area contributed by atoms with Gasteiger partial charge in [-0.15, -0.1) is 0 Å². The summed E-state index contributed by atoms with van der Waals surface area (Å²) in [4.78, 5) is 0. The van der Waals surface area contributed by atoms with Gasteiger partial charge in [-0.3, -0.25) is 0 Å². The molecule has 0 nitrogen and oxygen atoms in total. The van der Waals surface area contributed by atoms with Gasteiger partial charge < -0.3 is 0 Å². The molecule has 0 saturated heterocycles. The minimum atomic E-state index is 0.579. The maximum atomic E-state index is 3.88. The third kappa shape index (κ3) is 1.97. The van der Waals surface area contributed by atoms with Gasteiger partial charge in [-0.05, 0) is 32.6 Å². The van der Waals surface area contributed by atoms with Gasteiger partial charge >= 0.3 is 0 Å². The molecule has 0 bridgehead atoms. The second-order valence-electron chi connectivity index (χ2n) is 2.10. The SMILES string of the molecule is C=C(I)C1C=CC=CC1. The molecule has 1 atom stereocenters. The van der Waals surface area contributed by atoms with E-state index in [9.17, 15) is 0 Å². The van der Waals surface area contributed by atoms with Crippen molar-refractivity contribution in [3.8, 4) is 0 Å². The van der Waals surface area contributed by atoms with E-state index in [1.807, 2.05) is 0 Å². The largest absolute Gasteiger partial charge is 0.0891 e. The highest BCUT2D eigenvalue weighted by Crippen LogP contribution is 2.23. The van der Waals surface area contributed by atoms with Gasteiger partial charge in [-0.2, -0.15) is 0 Å². The minimum absolute atomic E-state index is 0.579. The van der Waals surface area contributed by atoms with Crippen LogP contribution in [0.2, 0.25) is 0 Å². The number of allylic oxidation sites excluding steroid dienone is 5. The summed E-state index contributed by atoms with van der Waals surface area (Å²) >= 11 is 2.28. The van der Waals surface area contributed by atoms with Crippen LogP contribution >= 0.6 is 22.6 Å². The molecule has 0 saturated carbocycles. The number of halogens is 1. The summed E-state index contributed by atoms with van der Waals surface area (Å²) in [5.41, 5.74) is 0. The average Bonchev–Trinajstić information content (AvgIpc) is 1.90. The zero-order valence-electron chi connectivity index (χ0n) is 5.18. The first-order valence-corrected chi connectivity index (χ1v) is 4.06. The van der Waals surface area contributed by atoms with Gasteiger partial charge in [0.05, 0.1) is 0 Å². The highest BCUT2D eigenvalue weighted by molar-refractivity contribution is 14.1. The predicted octanol–water partition coefficient (Wildman–Crippen LogP) is 3.07. The maximum absolute atomic E-state index is 3.88. The quantitative estimate of drug-likeness (QED) is 0.609. The molecule has 1 heteroatoms. The Morgan fingerprint density at radius 1 is 1.56 bits per heavy atom. The fourth-order valence-corrected chi connectivity index (χ4v) is 1.27. The van der Waals surface area contributed by atoms with Crippen LogP contribution in [-0.2, 0) is 0 Å². The summed E-state index contributed by atoms with van der Waals surface area (Å²) < 4.78 is 1.23. The van der Waals surface area contributed by atoms with Crippen LogP contribution in [0.1, 0.15) is 6.42 Å². The minimum Gasteiger partial charge on any atom is -0.0891 e. The van der Waals surface area contributed by atoms with Crippen LogP contribution in [0.5, 0.6) is 0 Å². The molecular formula is C8H9I. The zero-order chi connectivity index (χ0) is 6.69. The second kappa shape index (κ2) is 3.20. The van der Waals surface area contributed by atoms with Crippen molar-refractivity contribution >= 4 is 22.6 Å². The Morgan fingerprint density at radius 2 is 2.33 bits per heavy atom. The molecule has 9 heavy (non-hydrogen) atoms. The molecule has 0 fully saturated rings. The van der Waals surface area contributed by atoms with Gasteiger partial charge in [0.1, 0.15) is 0 Å². The van der Waals surface area contributed by atoms with Crippen molar-refractivity contribution in [2.75, 3.05) is 0 Å². The standard InChI is InChI=1S/C8H9I/c1-7(9)8-5-3-2-4-6-8/h2-5,8H,1,6H2. The van der Waals surface area contributed by atoms with E-state index in [2.05, 4.69) is 53.5 Å². The van der Waals surface area contributed by atoms with Crippen molar-refractivity contribution in [3.63, 3.8) is 0 Å². The van der Waals surface area contributed by atoms with Gasteiger partial charge in [0.2, 0.25) is 0 Å². The van der Waals surface area contributed by atoms with E-state index in [-0.39, 0.29) is 0 Å². The summed E-state index contributed by atoms with van der Waals surface area (Å²) in [7, 11) is 0. The Hall–Kier alpha value is -0.0500. The molecule has 0 spiro atoms. The lowest BCUT2D eigenvalue weighted by molar-refractivity contribution is 0.819. The van der Waals surface area contributed by atoms with Crippen LogP contribution in [0.4, 0.5) is 0 Å². The van der Waals surface area contributed by atoms with E-state index >= 15 is 0 Å². The van der Waals surface area contributed by atoms with Crippen molar-refractivity contribution in [2.45, 2.75) is 6.42 Å². The highest BCUT2D eigenvalue weighted by atomic mass is 127. The molecule has 1 aliphatic rings. The van der Waals surface area contributed by atoms with E-state index in [4.69, 9.17) is 0 Å². The van der Waals surface area contributed by atoms with Gasteiger partial charge in [-0.25, -0.2) is 0 Å². The van der Waals surface area contributed by atoms with Crippen LogP contribution < -0.4 is 0 Å². The van der Waals surface area contributed by atoms with E-state index in [0.29, 0.717) is 5.92 Å². The van der Waals surface area contributed by atoms with Crippen LogP contribution in [0.15, 0.2) is 34.5 Å². The molecule has 0 heterocycles. The van der Waals surface area contributed by atoms with Crippen LogP contribution in [0.3, 0.4) is 0 Å². The third-order valence-electron chi connectivity index (χ3n) is 1.38. The lowest BCUT2D eigenvalue weighted by Crippen LogP contribution is -1.94. The molecule has 1 rings (SSSR count). The summed E-state index contributed by atoms with van der Waals surface area (Å²) in [6, 6.07) is 0. The molecule has 0 aromatic carbocycles. The lowest BCUT2D eigenvalue weighted by Gasteiger charge is -2.09. The van der Waals surface area contributed by atoms with Crippen LogP contribution in [0, 0.1) is 5.92 Å². The number of hydrogen-bond donors (Lipinski definition) is 0. The van der Waals surface area contributed by atoms with Crippen LogP contribution in [-0.4, -0.2) is 0 Å². The van der Waals surface area contributed by atoms with Gasteiger partial charge in [0.15, 0.2) is 0 Å².